The number of ether oxygens (including phenoxy) is 1. The van der Waals surface area contributed by atoms with Crippen molar-refractivity contribution < 1.29 is 14.6 Å². The molecule has 4 rings (SSSR count). The Morgan fingerprint density at radius 2 is 2.00 bits per heavy atom. The molecule has 0 amide bonds. The van der Waals surface area contributed by atoms with Crippen molar-refractivity contribution in [3.8, 4) is 0 Å². The lowest BCUT2D eigenvalue weighted by Gasteiger charge is -2.52. The van der Waals surface area contributed by atoms with Crippen molar-refractivity contribution in [1.82, 2.24) is 4.90 Å². The number of nitrogens with zero attached hydrogens (tertiary/aromatic N) is 1. The van der Waals surface area contributed by atoms with Crippen LogP contribution in [0, 0.1) is 23.2 Å². The number of hydrogen-bond acceptors (Lipinski definition) is 4. The van der Waals surface area contributed by atoms with E-state index in [9.17, 15) is 9.90 Å². The molecule has 1 N–H and O–H groups in total. The number of carbonyl (C=O) groups is 1. The normalized spacial score (nSPS) is 43.7. The van der Waals surface area contributed by atoms with Gasteiger partial charge in [-0.3, -0.25) is 4.79 Å². The number of aliphatic hydroxyl groups excluding tert-OH is 1. The highest BCUT2D eigenvalue weighted by Gasteiger charge is 2.59. The van der Waals surface area contributed by atoms with Crippen molar-refractivity contribution in [3.05, 3.63) is 11.6 Å². The van der Waals surface area contributed by atoms with Gasteiger partial charge in [0.05, 0.1) is 12.0 Å². The van der Waals surface area contributed by atoms with E-state index in [1.807, 2.05) is 0 Å². The van der Waals surface area contributed by atoms with Crippen molar-refractivity contribution in [2.24, 2.45) is 23.2 Å². The second kappa shape index (κ2) is 6.94. The Kier molecular flexibility index (Phi) is 4.94. The quantitative estimate of drug-likeness (QED) is 0.617. The molecule has 0 spiro atoms. The minimum Gasteiger partial charge on any atom is -0.461 e. The summed E-state index contributed by atoms with van der Waals surface area (Å²) in [6.45, 7) is 5.21. The summed E-state index contributed by atoms with van der Waals surface area (Å²) >= 11 is 0. The number of hydrogen-bond donors (Lipinski definition) is 1. The van der Waals surface area contributed by atoms with Crippen LogP contribution in [0.2, 0.25) is 0 Å². The van der Waals surface area contributed by atoms with Crippen molar-refractivity contribution >= 4 is 5.97 Å². The molecule has 0 unspecified atom stereocenters. The number of rotatable bonds is 3. The number of fused-ring (bicyclic) bond motifs is 2. The standard InChI is InChI=1S/C22H35NO3/c1-14-8-7-9-15-12-18-19(20(24)22(14,15)2)17(21(25)26-18)13-23(3)16-10-5-4-6-11-16/h9,14,16-20,24H,4-8,10-13H2,1-3H3/t14-,17-,18+,19+,20-,22+/m0/s1. The molecule has 0 radical (unpaired) electrons. The van der Waals surface area contributed by atoms with Crippen LogP contribution in [0.25, 0.3) is 0 Å². The number of allylic oxidation sites excluding steroid dienone is 1. The van der Waals surface area contributed by atoms with Gasteiger partial charge in [0.15, 0.2) is 0 Å². The minimum absolute atomic E-state index is 0.0590. The van der Waals surface area contributed by atoms with Gasteiger partial charge in [-0.25, -0.2) is 0 Å². The maximum absolute atomic E-state index is 12.7. The summed E-state index contributed by atoms with van der Waals surface area (Å²) in [5.74, 6) is 0.119. The van der Waals surface area contributed by atoms with Crippen LogP contribution < -0.4 is 0 Å². The first-order valence-corrected chi connectivity index (χ1v) is 10.7. The highest BCUT2D eigenvalue weighted by molar-refractivity contribution is 5.76. The molecular formula is C22H35NO3. The number of esters is 1. The van der Waals surface area contributed by atoms with Crippen molar-refractivity contribution in [1.29, 1.82) is 0 Å². The zero-order valence-corrected chi connectivity index (χ0v) is 16.6. The molecule has 146 valence electrons. The molecule has 0 aromatic carbocycles. The van der Waals surface area contributed by atoms with Gasteiger partial charge in [0, 0.05) is 30.3 Å². The average Bonchev–Trinajstić information content (AvgIpc) is 2.94. The SMILES string of the molecule is C[C@H]1CCC=C2C[C@H]3OC(=O)[C@@H](CN(C)C4CCCCC4)[C@H]3[C@H](O)[C@@]21C. The first kappa shape index (κ1) is 18.5. The van der Waals surface area contributed by atoms with E-state index in [1.54, 1.807) is 0 Å². The Hall–Kier alpha value is -0.870. The van der Waals surface area contributed by atoms with E-state index < -0.39 is 6.10 Å². The van der Waals surface area contributed by atoms with E-state index in [0.717, 1.165) is 25.8 Å². The molecule has 4 heteroatoms. The van der Waals surface area contributed by atoms with Crippen molar-refractivity contribution in [2.45, 2.75) is 83.5 Å². The van der Waals surface area contributed by atoms with E-state index in [0.29, 0.717) is 12.0 Å². The summed E-state index contributed by atoms with van der Waals surface area (Å²) in [6, 6.07) is 0.580. The largest absolute Gasteiger partial charge is 0.461 e. The van der Waals surface area contributed by atoms with E-state index in [2.05, 4.69) is 31.9 Å². The summed E-state index contributed by atoms with van der Waals surface area (Å²) in [7, 11) is 2.15. The second-order valence-corrected chi connectivity index (χ2v) is 9.53. The van der Waals surface area contributed by atoms with Gasteiger partial charge in [-0.2, -0.15) is 0 Å². The van der Waals surface area contributed by atoms with Crippen LogP contribution in [0.5, 0.6) is 0 Å². The smallest absolute Gasteiger partial charge is 0.311 e. The van der Waals surface area contributed by atoms with E-state index >= 15 is 0 Å². The third kappa shape index (κ3) is 2.84. The van der Waals surface area contributed by atoms with E-state index in [1.165, 1.54) is 37.7 Å². The van der Waals surface area contributed by atoms with Gasteiger partial charge < -0.3 is 14.7 Å². The Morgan fingerprint density at radius 3 is 2.73 bits per heavy atom. The fraction of sp³-hybridized carbons (Fsp3) is 0.864. The van der Waals surface area contributed by atoms with Gasteiger partial charge in [0.25, 0.3) is 0 Å². The molecule has 0 aromatic rings. The molecule has 0 aromatic heterocycles. The van der Waals surface area contributed by atoms with Gasteiger partial charge in [0.1, 0.15) is 6.10 Å². The molecule has 0 bridgehead atoms. The van der Waals surface area contributed by atoms with Crippen LogP contribution >= 0.6 is 0 Å². The zero-order valence-electron chi connectivity index (χ0n) is 16.6. The molecule has 1 heterocycles. The van der Waals surface area contributed by atoms with Crippen molar-refractivity contribution in [2.75, 3.05) is 13.6 Å². The third-order valence-corrected chi connectivity index (χ3v) is 8.25. The van der Waals surface area contributed by atoms with Gasteiger partial charge in [-0.15, -0.1) is 0 Å². The van der Waals surface area contributed by atoms with Crippen LogP contribution in [-0.4, -0.2) is 47.8 Å². The highest BCUT2D eigenvalue weighted by Crippen LogP contribution is 2.56. The zero-order chi connectivity index (χ0) is 18.5. The molecule has 26 heavy (non-hydrogen) atoms. The Labute approximate surface area is 158 Å². The van der Waals surface area contributed by atoms with Crippen LogP contribution in [0.1, 0.15) is 65.2 Å². The Balaban J connectivity index is 1.55. The maximum Gasteiger partial charge on any atom is 0.311 e. The van der Waals surface area contributed by atoms with E-state index in [-0.39, 0.29) is 29.3 Å². The Morgan fingerprint density at radius 1 is 1.27 bits per heavy atom. The van der Waals surface area contributed by atoms with Crippen molar-refractivity contribution in [3.63, 3.8) is 0 Å². The van der Waals surface area contributed by atoms with Gasteiger partial charge in [0.2, 0.25) is 0 Å². The molecule has 3 aliphatic carbocycles. The fourth-order valence-corrected chi connectivity index (χ4v) is 6.25. The van der Waals surface area contributed by atoms with Crippen LogP contribution in [0.4, 0.5) is 0 Å². The average molecular weight is 362 g/mol. The lowest BCUT2D eigenvalue weighted by atomic mass is 9.55. The number of carbonyl (C=O) groups excluding carboxylic acids is 1. The van der Waals surface area contributed by atoms with Crippen LogP contribution in [0.15, 0.2) is 11.6 Å². The first-order valence-electron chi connectivity index (χ1n) is 10.7. The fourth-order valence-electron chi connectivity index (χ4n) is 6.25. The summed E-state index contributed by atoms with van der Waals surface area (Å²) in [5.41, 5.74) is 1.12. The molecule has 3 fully saturated rings. The summed E-state index contributed by atoms with van der Waals surface area (Å²) < 4.78 is 5.80. The molecule has 1 saturated heterocycles. The lowest BCUT2D eigenvalue weighted by molar-refractivity contribution is -0.145. The monoisotopic (exact) mass is 361 g/mol. The Bertz CT molecular complexity index is 582. The number of aliphatic hydroxyl groups is 1. The summed E-state index contributed by atoms with van der Waals surface area (Å²) in [4.78, 5) is 15.1. The molecule has 1 aliphatic heterocycles. The highest BCUT2D eigenvalue weighted by atomic mass is 16.6. The summed E-state index contributed by atoms with van der Waals surface area (Å²) in [5, 5.41) is 11.4. The van der Waals surface area contributed by atoms with Gasteiger partial charge >= 0.3 is 5.97 Å². The van der Waals surface area contributed by atoms with Gasteiger partial charge in [-0.05, 0) is 38.6 Å². The summed E-state index contributed by atoms with van der Waals surface area (Å²) in [6.07, 6.45) is 11.1. The molecule has 6 atom stereocenters. The van der Waals surface area contributed by atoms with Crippen LogP contribution in [-0.2, 0) is 9.53 Å². The predicted octanol–water partition coefficient (Wildman–Crippen LogP) is 3.54. The molecular weight excluding hydrogens is 326 g/mol. The third-order valence-electron chi connectivity index (χ3n) is 8.25. The lowest BCUT2D eigenvalue weighted by Crippen LogP contribution is -2.55. The minimum atomic E-state index is -0.487. The second-order valence-electron chi connectivity index (χ2n) is 9.53. The van der Waals surface area contributed by atoms with Gasteiger partial charge in [-0.1, -0.05) is 44.8 Å². The maximum atomic E-state index is 12.7. The predicted molar refractivity (Wildman–Crippen MR) is 102 cm³/mol. The molecule has 2 saturated carbocycles. The van der Waals surface area contributed by atoms with E-state index in [4.69, 9.17) is 4.74 Å². The first-order chi connectivity index (χ1) is 12.4. The van der Waals surface area contributed by atoms with Crippen LogP contribution in [0.3, 0.4) is 0 Å². The molecule has 4 nitrogen and oxygen atoms in total. The topological polar surface area (TPSA) is 49.8 Å². The molecule has 4 aliphatic rings.